The Kier molecular flexibility index (Phi) is 2.60. The smallest absolute Gasteiger partial charge is 0.337 e. The zero-order chi connectivity index (χ0) is 9.14. The van der Waals surface area contributed by atoms with Gasteiger partial charge in [0.1, 0.15) is 4.60 Å². The van der Waals surface area contributed by atoms with Crippen LogP contribution in [0.2, 0.25) is 0 Å². The molecule has 0 aliphatic carbocycles. The highest BCUT2D eigenvalue weighted by molar-refractivity contribution is 9.10. The van der Waals surface area contributed by atoms with Crippen molar-refractivity contribution in [2.75, 3.05) is 0 Å². The van der Waals surface area contributed by atoms with Crippen molar-refractivity contribution in [3.8, 4) is 0 Å². The molecule has 1 N–H and O–H groups in total. The third-order valence-electron chi connectivity index (χ3n) is 1.28. The van der Waals surface area contributed by atoms with Crippen molar-refractivity contribution >= 4 is 27.5 Å². The molecule has 0 aliphatic heterocycles. The number of halogens is 1. The first kappa shape index (κ1) is 8.93. The van der Waals surface area contributed by atoms with Crippen molar-refractivity contribution in [2.24, 2.45) is 0 Å². The number of carbonyl (C=O) groups is 1. The van der Waals surface area contributed by atoms with Gasteiger partial charge in [0, 0.05) is 0 Å². The number of hydrogen-bond acceptors (Lipinski definition) is 2. The Balaban J connectivity index is 3.04. The third-order valence-corrected chi connectivity index (χ3v) is 1.72. The van der Waals surface area contributed by atoms with Gasteiger partial charge < -0.3 is 5.11 Å². The van der Waals surface area contributed by atoms with E-state index in [1.807, 2.05) is 0 Å². The first-order chi connectivity index (χ1) is 5.61. The van der Waals surface area contributed by atoms with E-state index in [0.717, 1.165) is 0 Å². The van der Waals surface area contributed by atoms with Crippen LogP contribution in [0.4, 0.5) is 0 Å². The molecule has 0 bridgehead atoms. The summed E-state index contributed by atoms with van der Waals surface area (Å²) in [4.78, 5) is 14.4. The summed E-state index contributed by atoms with van der Waals surface area (Å²) in [6.07, 6.45) is 0. The molecule has 1 aromatic heterocycles. The van der Waals surface area contributed by atoms with E-state index in [2.05, 4.69) is 27.5 Å². The van der Waals surface area contributed by atoms with Gasteiger partial charge in [0.05, 0.1) is 11.3 Å². The van der Waals surface area contributed by atoms with Crippen LogP contribution in [0.15, 0.2) is 29.4 Å². The van der Waals surface area contributed by atoms with Crippen LogP contribution in [-0.4, -0.2) is 16.1 Å². The van der Waals surface area contributed by atoms with Gasteiger partial charge in [-0.2, -0.15) is 0 Å². The molecule has 62 valence electrons. The Hall–Kier alpha value is -1.16. The Morgan fingerprint density at radius 3 is 2.75 bits per heavy atom. The second-order valence-corrected chi connectivity index (χ2v) is 2.94. The summed E-state index contributed by atoms with van der Waals surface area (Å²) < 4.78 is 0.599. The molecule has 0 fully saturated rings. The van der Waals surface area contributed by atoms with E-state index in [4.69, 9.17) is 5.11 Å². The molecular formula is C8H6BrNO2. The molecule has 0 atom stereocenters. The average molecular weight is 228 g/mol. The molecule has 0 aliphatic rings. The SMILES string of the molecule is C=C(C(=O)O)c1cccc(Br)n1. The molecule has 0 radical (unpaired) electrons. The van der Waals surface area contributed by atoms with E-state index < -0.39 is 5.97 Å². The molecular weight excluding hydrogens is 222 g/mol. The largest absolute Gasteiger partial charge is 0.478 e. The number of nitrogens with zero attached hydrogens (tertiary/aromatic N) is 1. The number of aliphatic carboxylic acids is 1. The maximum atomic E-state index is 10.5. The molecule has 1 rings (SSSR count). The number of carboxylic acid groups (broad SMARTS) is 1. The summed E-state index contributed by atoms with van der Waals surface area (Å²) in [5, 5.41) is 8.57. The van der Waals surface area contributed by atoms with Gasteiger partial charge in [0.15, 0.2) is 0 Å². The second kappa shape index (κ2) is 3.49. The van der Waals surface area contributed by atoms with Crippen molar-refractivity contribution in [3.05, 3.63) is 35.1 Å². The molecule has 12 heavy (non-hydrogen) atoms. The van der Waals surface area contributed by atoms with E-state index in [9.17, 15) is 4.79 Å². The van der Waals surface area contributed by atoms with E-state index in [0.29, 0.717) is 10.3 Å². The fraction of sp³-hybridized carbons (Fsp3) is 0. The lowest BCUT2D eigenvalue weighted by Crippen LogP contribution is -1.99. The van der Waals surface area contributed by atoms with Crippen LogP contribution in [0.1, 0.15) is 5.69 Å². The minimum atomic E-state index is -1.06. The van der Waals surface area contributed by atoms with Gasteiger partial charge in [-0.1, -0.05) is 12.6 Å². The van der Waals surface area contributed by atoms with Gasteiger partial charge in [-0.05, 0) is 28.1 Å². The van der Waals surface area contributed by atoms with Crippen LogP contribution in [0.3, 0.4) is 0 Å². The maximum absolute atomic E-state index is 10.5. The van der Waals surface area contributed by atoms with Gasteiger partial charge in [-0.3, -0.25) is 0 Å². The number of pyridine rings is 1. The van der Waals surface area contributed by atoms with Crippen LogP contribution in [0.25, 0.3) is 5.57 Å². The minimum Gasteiger partial charge on any atom is -0.478 e. The van der Waals surface area contributed by atoms with Crippen LogP contribution in [0, 0.1) is 0 Å². The minimum absolute atomic E-state index is 0.00343. The van der Waals surface area contributed by atoms with Crippen LogP contribution in [0.5, 0.6) is 0 Å². The fourth-order valence-electron chi connectivity index (χ4n) is 0.686. The van der Waals surface area contributed by atoms with E-state index in [-0.39, 0.29) is 5.57 Å². The summed E-state index contributed by atoms with van der Waals surface area (Å²) in [7, 11) is 0. The van der Waals surface area contributed by atoms with Crippen LogP contribution in [-0.2, 0) is 4.79 Å². The zero-order valence-corrected chi connectivity index (χ0v) is 7.71. The fourth-order valence-corrected chi connectivity index (χ4v) is 1.03. The first-order valence-electron chi connectivity index (χ1n) is 3.16. The molecule has 0 amide bonds. The van der Waals surface area contributed by atoms with Crippen LogP contribution < -0.4 is 0 Å². The molecule has 0 unspecified atom stereocenters. The van der Waals surface area contributed by atoms with E-state index >= 15 is 0 Å². The normalized spacial score (nSPS) is 9.42. The quantitative estimate of drug-likeness (QED) is 0.621. The molecule has 3 nitrogen and oxygen atoms in total. The Labute approximate surface area is 77.9 Å². The lowest BCUT2D eigenvalue weighted by molar-refractivity contribution is -0.130. The second-order valence-electron chi connectivity index (χ2n) is 2.13. The number of hydrogen-bond donors (Lipinski definition) is 1. The topological polar surface area (TPSA) is 50.2 Å². The summed E-state index contributed by atoms with van der Waals surface area (Å²) in [5.74, 6) is -1.06. The standard InChI is InChI=1S/C8H6BrNO2/c1-5(8(11)12)6-3-2-4-7(9)10-6/h2-4H,1H2,(H,11,12). The lowest BCUT2D eigenvalue weighted by Gasteiger charge is -1.98. The molecule has 0 spiro atoms. The zero-order valence-electron chi connectivity index (χ0n) is 6.12. The van der Waals surface area contributed by atoms with E-state index in [1.165, 1.54) is 0 Å². The Morgan fingerprint density at radius 1 is 1.58 bits per heavy atom. The Bertz CT molecular complexity index is 336. The highest BCUT2D eigenvalue weighted by Crippen LogP contribution is 2.12. The van der Waals surface area contributed by atoms with Gasteiger partial charge in [-0.15, -0.1) is 0 Å². The van der Waals surface area contributed by atoms with Crippen molar-refractivity contribution < 1.29 is 9.90 Å². The van der Waals surface area contributed by atoms with Crippen LogP contribution >= 0.6 is 15.9 Å². The Morgan fingerprint density at radius 2 is 2.25 bits per heavy atom. The molecule has 4 heteroatoms. The first-order valence-corrected chi connectivity index (χ1v) is 3.95. The van der Waals surface area contributed by atoms with Crippen molar-refractivity contribution in [1.29, 1.82) is 0 Å². The van der Waals surface area contributed by atoms with Gasteiger partial charge in [-0.25, -0.2) is 9.78 Å². The number of aromatic nitrogens is 1. The number of rotatable bonds is 2. The molecule has 0 aromatic carbocycles. The van der Waals surface area contributed by atoms with Crippen molar-refractivity contribution in [2.45, 2.75) is 0 Å². The lowest BCUT2D eigenvalue weighted by atomic mass is 10.2. The van der Waals surface area contributed by atoms with Crippen molar-refractivity contribution in [1.82, 2.24) is 4.98 Å². The maximum Gasteiger partial charge on any atom is 0.337 e. The van der Waals surface area contributed by atoms with Gasteiger partial charge in [0.2, 0.25) is 0 Å². The van der Waals surface area contributed by atoms with E-state index in [1.54, 1.807) is 18.2 Å². The summed E-state index contributed by atoms with van der Waals surface area (Å²) in [6, 6.07) is 5.03. The highest BCUT2D eigenvalue weighted by Gasteiger charge is 2.07. The predicted molar refractivity (Wildman–Crippen MR) is 48.6 cm³/mol. The summed E-state index contributed by atoms with van der Waals surface area (Å²) in [6.45, 7) is 3.38. The summed E-state index contributed by atoms with van der Waals surface area (Å²) >= 11 is 3.13. The predicted octanol–water partition coefficient (Wildman–Crippen LogP) is 1.94. The third kappa shape index (κ3) is 1.92. The average Bonchev–Trinajstić information content (AvgIpc) is 2.03. The highest BCUT2D eigenvalue weighted by atomic mass is 79.9. The van der Waals surface area contributed by atoms with Gasteiger partial charge in [0.25, 0.3) is 0 Å². The van der Waals surface area contributed by atoms with Gasteiger partial charge >= 0.3 is 5.97 Å². The van der Waals surface area contributed by atoms with Crippen molar-refractivity contribution in [3.63, 3.8) is 0 Å². The molecule has 0 saturated carbocycles. The monoisotopic (exact) mass is 227 g/mol. The molecule has 1 aromatic rings. The summed E-state index contributed by atoms with van der Waals surface area (Å²) in [5.41, 5.74) is 0.369. The molecule has 0 saturated heterocycles. The molecule has 1 heterocycles. The number of carboxylic acids is 1.